The zero-order chi connectivity index (χ0) is 18.6. The molecule has 0 radical (unpaired) electrons. The van der Waals surface area contributed by atoms with Crippen LogP contribution in [-0.2, 0) is 6.54 Å². The van der Waals surface area contributed by atoms with Crippen molar-refractivity contribution in [3.05, 3.63) is 46.6 Å². The second kappa shape index (κ2) is 8.00. The first-order valence-electron chi connectivity index (χ1n) is 8.20. The zero-order valence-corrected chi connectivity index (χ0v) is 15.1. The van der Waals surface area contributed by atoms with Crippen molar-refractivity contribution in [1.29, 1.82) is 0 Å². The standard InChI is InChI=1S/C18H24FN3O3/c1-10(2)24-16-7-6-14(8-15(16)19)9-20-18(23)21-11(3)17-12(4)22-25-13(17)5/h6-8,10-11H,9H2,1-5H3,(H2,20,21,23)/t11-/m0/s1. The smallest absolute Gasteiger partial charge is 0.315 e. The number of aromatic nitrogens is 1. The number of carbonyl (C=O) groups excluding carboxylic acids is 1. The van der Waals surface area contributed by atoms with Crippen LogP contribution in [0.25, 0.3) is 0 Å². The lowest BCUT2D eigenvalue weighted by atomic mass is 10.1. The van der Waals surface area contributed by atoms with Crippen LogP contribution in [0.4, 0.5) is 9.18 Å². The summed E-state index contributed by atoms with van der Waals surface area (Å²) >= 11 is 0. The van der Waals surface area contributed by atoms with Crippen LogP contribution in [0.1, 0.15) is 49.4 Å². The largest absolute Gasteiger partial charge is 0.488 e. The fraction of sp³-hybridized carbons (Fsp3) is 0.444. The molecule has 0 bridgehead atoms. The van der Waals surface area contributed by atoms with Crippen LogP contribution >= 0.6 is 0 Å². The number of urea groups is 1. The molecule has 0 fully saturated rings. The molecule has 7 heteroatoms. The van der Waals surface area contributed by atoms with Gasteiger partial charge >= 0.3 is 6.03 Å². The molecule has 2 rings (SSSR count). The highest BCUT2D eigenvalue weighted by atomic mass is 19.1. The van der Waals surface area contributed by atoms with E-state index in [1.54, 1.807) is 19.1 Å². The van der Waals surface area contributed by atoms with Gasteiger partial charge in [0.05, 0.1) is 17.8 Å². The van der Waals surface area contributed by atoms with E-state index in [0.717, 1.165) is 11.3 Å². The second-order valence-electron chi connectivity index (χ2n) is 6.22. The molecule has 0 saturated heterocycles. The Morgan fingerprint density at radius 1 is 1.32 bits per heavy atom. The van der Waals surface area contributed by atoms with Gasteiger partial charge in [0, 0.05) is 12.1 Å². The molecule has 0 spiro atoms. The molecule has 136 valence electrons. The number of hydrogen-bond acceptors (Lipinski definition) is 4. The van der Waals surface area contributed by atoms with Crippen LogP contribution in [0.3, 0.4) is 0 Å². The Labute approximate surface area is 146 Å². The van der Waals surface area contributed by atoms with Gasteiger partial charge in [-0.05, 0) is 52.3 Å². The molecule has 1 aromatic heterocycles. The molecule has 0 aliphatic heterocycles. The van der Waals surface area contributed by atoms with Gasteiger partial charge in [-0.3, -0.25) is 0 Å². The van der Waals surface area contributed by atoms with Crippen molar-refractivity contribution in [1.82, 2.24) is 15.8 Å². The number of carbonyl (C=O) groups is 1. The predicted octanol–water partition coefficient (Wildman–Crippen LogP) is 3.78. The molecule has 1 aromatic carbocycles. The minimum absolute atomic E-state index is 0.102. The zero-order valence-electron chi connectivity index (χ0n) is 15.1. The summed E-state index contributed by atoms with van der Waals surface area (Å²) in [5, 5.41) is 9.40. The highest BCUT2D eigenvalue weighted by molar-refractivity contribution is 5.74. The van der Waals surface area contributed by atoms with Crippen LogP contribution in [0, 0.1) is 19.7 Å². The van der Waals surface area contributed by atoms with Crippen LogP contribution in [0.5, 0.6) is 5.75 Å². The monoisotopic (exact) mass is 349 g/mol. The first kappa shape index (κ1) is 18.8. The summed E-state index contributed by atoms with van der Waals surface area (Å²) in [4.78, 5) is 12.1. The van der Waals surface area contributed by atoms with Gasteiger partial charge in [0.25, 0.3) is 0 Å². The third-order valence-electron chi connectivity index (χ3n) is 3.68. The summed E-state index contributed by atoms with van der Waals surface area (Å²) in [7, 11) is 0. The van der Waals surface area contributed by atoms with Crippen LogP contribution < -0.4 is 15.4 Å². The van der Waals surface area contributed by atoms with Gasteiger partial charge in [-0.2, -0.15) is 0 Å². The number of nitrogens with zero attached hydrogens (tertiary/aromatic N) is 1. The lowest BCUT2D eigenvalue weighted by Gasteiger charge is -2.15. The van der Waals surface area contributed by atoms with E-state index in [2.05, 4.69) is 15.8 Å². The molecule has 1 heterocycles. The Morgan fingerprint density at radius 3 is 2.60 bits per heavy atom. The number of halogens is 1. The van der Waals surface area contributed by atoms with Crippen molar-refractivity contribution < 1.29 is 18.4 Å². The molecular formula is C18H24FN3O3. The molecule has 0 aliphatic rings. The minimum Gasteiger partial charge on any atom is -0.488 e. The van der Waals surface area contributed by atoms with Gasteiger partial charge in [-0.25, -0.2) is 9.18 Å². The number of nitrogens with one attached hydrogen (secondary N) is 2. The van der Waals surface area contributed by atoms with Gasteiger partial charge < -0.3 is 19.9 Å². The van der Waals surface area contributed by atoms with Crippen molar-refractivity contribution in [2.24, 2.45) is 0 Å². The summed E-state index contributed by atoms with van der Waals surface area (Å²) in [6.07, 6.45) is -0.102. The van der Waals surface area contributed by atoms with E-state index in [1.807, 2.05) is 27.7 Å². The summed E-state index contributed by atoms with van der Waals surface area (Å²) in [5.41, 5.74) is 2.25. The number of amides is 2. The van der Waals surface area contributed by atoms with Crippen molar-refractivity contribution >= 4 is 6.03 Å². The first-order valence-corrected chi connectivity index (χ1v) is 8.20. The molecule has 6 nitrogen and oxygen atoms in total. The molecule has 0 aliphatic carbocycles. The van der Waals surface area contributed by atoms with Crippen LogP contribution in [0.15, 0.2) is 22.7 Å². The Kier molecular flexibility index (Phi) is 6.01. The van der Waals surface area contributed by atoms with E-state index in [4.69, 9.17) is 9.26 Å². The highest BCUT2D eigenvalue weighted by Crippen LogP contribution is 2.21. The number of hydrogen-bond donors (Lipinski definition) is 2. The third-order valence-corrected chi connectivity index (χ3v) is 3.68. The van der Waals surface area contributed by atoms with Crippen molar-refractivity contribution in [2.45, 2.75) is 53.3 Å². The average Bonchev–Trinajstić information content (AvgIpc) is 2.86. The second-order valence-corrected chi connectivity index (χ2v) is 6.22. The molecule has 1 atom stereocenters. The van der Waals surface area contributed by atoms with Crippen LogP contribution in [0.2, 0.25) is 0 Å². The quantitative estimate of drug-likeness (QED) is 0.832. The van der Waals surface area contributed by atoms with Gasteiger partial charge in [0.2, 0.25) is 0 Å². The topological polar surface area (TPSA) is 76.4 Å². The number of ether oxygens (including phenoxy) is 1. The summed E-state index contributed by atoms with van der Waals surface area (Å²) in [6.45, 7) is 9.35. The lowest BCUT2D eigenvalue weighted by Crippen LogP contribution is -2.36. The van der Waals surface area contributed by atoms with Gasteiger partial charge in [0.15, 0.2) is 11.6 Å². The van der Waals surface area contributed by atoms with Gasteiger partial charge in [-0.15, -0.1) is 0 Å². The first-order chi connectivity index (χ1) is 11.8. The van der Waals surface area contributed by atoms with Gasteiger partial charge in [0.1, 0.15) is 5.76 Å². The van der Waals surface area contributed by atoms with Crippen molar-refractivity contribution in [3.63, 3.8) is 0 Å². The summed E-state index contributed by atoms with van der Waals surface area (Å²) in [5.74, 6) is 0.431. The Bertz CT molecular complexity index is 724. The fourth-order valence-electron chi connectivity index (χ4n) is 2.61. The maximum absolute atomic E-state index is 13.9. The van der Waals surface area contributed by atoms with Gasteiger partial charge in [-0.1, -0.05) is 11.2 Å². The van der Waals surface area contributed by atoms with E-state index in [0.29, 0.717) is 11.3 Å². The van der Waals surface area contributed by atoms with E-state index in [9.17, 15) is 9.18 Å². The fourth-order valence-corrected chi connectivity index (χ4v) is 2.61. The lowest BCUT2D eigenvalue weighted by molar-refractivity contribution is 0.231. The molecule has 2 aromatic rings. The molecular weight excluding hydrogens is 325 g/mol. The molecule has 25 heavy (non-hydrogen) atoms. The number of aryl methyl sites for hydroxylation is 2. The predicted molar refractivity (Wildman–Crippen MR) is 91.9 cm³/mol. The van der Waals surface area contributed by atoms with E-state index >= 15 is 0 Å². The molecule has 0 unspecified atom stereocenters. The Morgan fingerprint density at radius 2 is 2.04 bits per heavy atom. The summed E-state index contributed by atoms with van der Waals surface area (Å²) < 4.78 is 24.4. The van der Waals surface area contributed by atoms with E-state index in [1.165, 1.54) is 6.07 Å². The number of benzene rings is 1. The van der Waals surface area contributed by atoms with Crippen LogP contribution in [-0.4, -0.2) is 17.3 Å². The number of rotatable bonds is 6. The Hall–Kier alpha value is -2.57. The Balaban J connectivity index is 1.90. The normalized spacial score (nSPS) is 12.1. The average molecular weight is 349 g/mol. The maximum Gasteiger partial charge on any atom is 0.315 e. The third kappa shape index (κ3) is 4.95. The highest BCUT2D eigenvalue weighted by Gasteiger charge is 2.18. The molecule has 2 N–H and O–H groups in total. The van der Waals surface area contributed by atoms with E-state index in [-0.39, 0.29) is 30.5 Å². The molecule has 2 amide bonds. The molecule has 0 saturated carbocycles. The van der Waals surface area contributed by atoms with E-state index < -0.39 is 5.82 Å². The minimum atomic E-state index is -0.447. The van der Waals surface area contributed by atoms with Crippen molar-refractivity contribution in [3.8, 4) is 5.75 Å². The SMILES string of the molecule is Cc1noc(C)c1[C@H](C)NC(=O)NCc1ccc(OC(C)C)c(F)c1. The maximum atomic E-state index is 13.9. The van der Waals surface area contributed by atoms with Crippen molar-refractivity contribution in [2.75, 3.05) is 0 Å². The summed E-state index contributed by atoms with van der Waals surface area (Å²) in [6, 6.07) is 4.05.